The Labute approximate surface area is 133 Å². The van der Waals surface area contributed by atoms with Gasteiger partial charge in [0.2, 0.25) is 5.76 Å². The van der Waals surface area contributed by atoms with Gasteiger partial charge in [-0.1, -0.05) is 18.2 Å². The highest BCUT2D eigenvalue weighted by atomic mass is 16.4. The van der Waals surface area contributed by atoms with E-state index in [4.69, 9.17) is 4.42 Å². The molecule has 3 rings (SSSR count). The summed E-state index contributed by atoms with van der Waals surface area (Å²) in [6, 6.07) is 8.64. The molecule has 0 spiro atoms. The summed E-state index contributed by atoms with van der Waals surface area (Å²) in [6.07, 6.45) is 1.33. The molecule has 120 valence electrons. The highest BCUT2D eigenvalue weighted by Crippen LogP contribution is 2.29. The van der Waals surface area contributed by atoms with Crippen LogP contribution in [0.25, 0.3) is 11.1 Å². The monoisotopic (exact) mass is 314 g/mol. The van der Waals surface area contributed by atoms with E-state index in [-0.39, 0.29) is 11.7 Å². The number of aromatic carboxylic acids is 1. The van der Waals surface area contributed by atoms with Crippen LogP contribution >= 0.6 is 0 Å². The van der Waals surface area contributed by atoms with Gasteiger partial charge in [0.1, 0.15) is 0 Å². The van der Waals surface area contributed by atoms with Crippen molar-refractivity contribution in [2.45, 2.75) is 0 Å². The van der Waals surface area contributed by atoms with Crippen molar-refractivity contribution >= 4 is 11.9 Å². The number of piperazine rings is 1. The summed E-state index contributed by atoms with van der Waals surface area (Å²) in [5, 5.41) is 9.23. The third-order valence-corrected chi connectivity index (χ3v) is 4.10. The van der Waals surface area contributed by atoms with Crippen LogP contribution in [0.5, 0.6) is 0 Å². The number of carboxylic acids is 1. The normalized spacial score (nSPS) is 15.6. The number of furan rings is 1. The van der Waals surface area contributed by atoms with Gasteiger partial charge in [0, 0.05) is 37.3 Å². The molecule has 23 heavy (non-hydrogen) atoms. The van der Waals surface area contributed by atoms with E-state index in [2.05, 4.69) is 4.90 Å². The minimum atomic E-state index is -1.15. The zero-order valence-electron chi connectivity index (χ0n) is 12.9. The van der Waals surface area contributed by atoms with Gasteiger partial charge in [-0.15, -0.1) is 0 Å². The fourth-order valence-corrected chi connectivity index (χ4v) is 2.77. The first kappa shape index (κ1) is 15.3. The smallest absolute Gasteiger partial charge is 0.372 e. The van der Waals surface area contributed by atoms with Crippen molar-refractivity contribution in [1.82, 2.24) is 9.80 Å². The van der Waals surface area contributed by atoms with E-state index in [0.29, 0.717) is 29.8 Å². The highest BCUT2D eigenvalue weighted by Gasteiger charge is 2.25. The number of nitrogens with zero attached hydrogens (tertiary/aromatic N) is 2. The summed E-state index contributed by atoms with van der Waals surface area (Å²) in [5.74, 6) is -1.37. The lowest BCUT2D eigenvalue weighted by Crippen LogP contribution is -2.47. The number of carbonyl (C=O) groups excluding carboxylic acids is 1. The maximum atomic E-state index is 12.8. The van der Waals surface area contributed by atoms with Crippen molar-refractivity contribution < 1.29 is 19.1 Å². The van der Waals surface area contributed by atoms with Crippen LogP contribution in [-0.2, 0) is 0 Å². The molecule has 1 aromatic carbocycles. The zero-order chi connectivity index (χ0) is 16.4. The quantitative estimate of drug-likeness (QED) is 0.938. The number of rotatable bonds is 3. The topological polar surface area (TPSA) is 74.0 Å². The van der Waals surface area contributed by atoms with Crippen LogP contribution in [0.3, 0.4) is 0 Å². The van der Waals surface area contributed by atoms with Crippen LogP contribution in [0, 0.1) is 0 Å². The van der Waals surface area contributed by atoms with Crippen LogP contribution in [0.2, 0.25) is 0 Å². The van der Waals surface area contributed by atoms with Crippen molar-refractivity contribution in [3.63, 3.8) is 0 Å². The third-order valence-electron chi connectivity index (χ3n) is 4.10. The Bertz CT molecular complexity index is 730. The second-order valence-electron chi connectivity index (χ2n) is 5.61. The Morgan fingerprint density at radius 2 is 1.74 bits per heavy atom. The average Bonchev–Trinajstić information content (AvgIpc) is 3.05. The molecule has 0 atom stereocenters. The highest BCUT2D eigenvalue weighted by molar-refractivity contribution is 6.03. The van der Waals surface area contributed by atoms with Gasteiger partial charge >= 0.3 is 5.97 Å². The first-order chi connectivity index (χ1) is 11.1. The van der Waals surface area contributed by atoms with Crippen LogP contribution in [0.1, 0.15) is 20.9 Å². The molecule has 0 unspecified atom stereocenters. The van der Waals surface area contributed by atoms with Gasteiger partial charge in [-0.05, 0) is 24.7 Å². The second-order valence-corrected chi connectivity index (χ2v) is 5.61. The van der Waals surface area contributed by atoms with Gasteiger partial charge in [-0.2, -0.15) is 0 Å². The maximum Gasteiger partial charge on any atom is 0.372 e. The number of amides is 1. The fourth-order valence-electron chi connectivity index (χ4n) is 2.77. The molecule has 0 saturated carbocycles. The predicted molar refractivity (Wildman–Crippen MR) is 84.5 cm³/mol. The molecule has 0 radical (unpaired) electrons. The Balaban J connectivity index is 1.96. The molecule has 1 N–H and O–H groups in total. The molecule has 0 aliphatic carbocycles. The zero-order valence-corrected chi connectivity index (χ0v) is 12.9. The van der Waals surface area contributed by atoms with E-state index in [1.165, 1.54) is 6.26 Å². The molecule has 2 heterocycles. The van der Waals surface area contributed by atoms with E-state index in [1.54, 1.807) is 35.2 Å². The third kappa shape index (κ3) is 2.98. The van der Waals surface area contributed by atoms with E-state index in [0.717, 1.165) is 13.1 Å². The number of carbonyl (C=O) groups is 2. The van der Waals surface area contributed by atoms with Crippen molar-refractivity contribution in [2.75, 3.05) is 33.2 Å². The van der Waals surface area contributed by atoms with Gasteiger partial charge in [0.15, 0.2) is 0 Å². The van der Waals surface area contributed by atoms with Gasteiger partial charge in [0.25, 0.3) is 5.91 Å². The second kappa shape index (κ2) is 6.26. The lowest BCUT2D eigenvalue weighted by molar-refractivity contribution is 0.0653. The Kier molecular flexibility index (Phi) is 4.16. The van der Waals surface area contributed by atoms with E-state index in [1.807, 2.05) is 7.05 Å². The standard InChI is InChI=1S/C17H18N2O4/c1-18-7-9-19(10-8-18)16(20)14-5-3-2-4-12(14)13-6-11-23-15(13)17(21)22/h2-6,11H,7-10H2,1H3,(H,21,22). The molecule has 1 saturated heterocycles. The van der Waals surface area contributed by atoms with Crippen molar-refractivity contribution in [3.8, 4) is 11.1 Å². The number of benzene rings is 1. The molecule has 1 aliphatic heterocycles. The number of hydrogen-bond acceptors (Lipinski definition) is 4. The van der Waals surface area contributed by atoms with Crippen molar-refractivity contribution in [3.05, 3.63) is 47.9 Å². The van der Waals surface area contributed by atoms with Gasteiger partial charge in [0.05, 0.1) is 6.26 Å². The summed E-state index contributed by atoms with van der Waals surface area (Å²) >= 11 is 0. The molecular formula is C17H18N2O4. The summed E-state index contributed by atoms with van der Waals surface area (Å²) in [6.45, 7) is 3.00. The summed E-state index contributed by atoms with van der Waals surface area (Å²) in [7, 11) is 2.03. The van der Waals surface area contributed by atoms with Crippen LogP contribution in [0.4, 0.5) is 0 Å². The van der Waals surface area contributed by atoms with Crippen LogP contribution in [0.15, 0.2) is 41.0 Å². The van der Waals surface area contributed by atoms with Gasteiger partial charge in [-0.25, -0.2) is 4.79 Å². The molecule has 1 aromatic heterocycles. The Hall–Kier alpha value is -2.60. The first-order valence-electron chi connectivity index (χ1n) is 7.46. The number of hydrogen-bond donors (Lipinski definition) is 1. The first-order valence-corrected chi connectivity index (χ1v) is 7.46. The number of likely N-dealkylation sites (N-methyl/N-ethyl adjacent to an activating group) is 1. The molecular weight excluding hydrogens is 296 g/mol. The van der Waals surface area contributed by atoms with Crippen molar-refractivity contribution in [2.24, 2.45) is 0 Å². The summed E-state index contributed by atoms with van der Waals surface area (Å²) < 4.78 is 5.04. The largest absolute Gasteiger partial charge is 0.475 e. The van der Waals surface area contributed by atoms with Crippen LogP contribution < -0.4 is 0 Å². The molecule has 1 fully saturated rings. The van der Waals surface area contributed by atoms with Crippen molar-refractivity contribution in [1.29, 1.82) is 0 Å². The molecule has 0 bridgehead atoms. The minimum Gasteiger partial charge on any atom is -0.475 e. The van der Waals surface area contributed by atoms with E-state index < -0.39 is 5.97 Å². The molecule has 6 nitrogen and oxygen atoms in total. The van der Waals surface area contributed by atoms with Gasteiger partial charge < -0.3 is 19.3 Å². The fraction of sp³-hybridized carbons (Fsp3) is 0.294. The Morgan fingerprint density at radius 1 is 1.04 bits per heavy atom. The number of carboxylic acid groups (broad SMARTS) is 1. The lowest BCUT2D eigenvalue weighted by Gasteiger charge is -2.32. The molecule has 1 aliphatic rings. The summed E-state index contributed by atoms with van der Waals surface area (Å²) in [5.41, 5.74) is 1.51. The molecule has 6 heteroatoms. The maximum absolute atomic E-state index is 12.8. The SMILES string of the molecule is CN1CCN(C(=O)c2ccccc2-c2ccoc2C(=O)O)CC1. The van der Waals surface area contributed by atoms with E-state index >= 15 is 0 Å². The predicted octanol–water partition coefficient (Wildman–Crippen LogP) is 2.03. The van der Waals surface area contributed by atoms with Gasteiger partial charge in [-0.3, -0.25) is 4.79 Å². The van der Waals surface area contributed by atoms with Crippen LogP contribution in [-0.4, -0.2) is 60.0 Å². The minimum absolute atomic E-state index is 0.0776. The lowest BCUT2D eigenvalue weighted by atomic mass is 9.99. The summed E-state index contributed by atoms with van der Waals surface area (Å²) in [4.78, 5) is 28.1. The molecule has 1 amide bonds. The Morgan fingerprint density at radius 3 is 2.43 bits per heavy atom. The average molecular weight is 314 g/mol. The molecule has 2 aromatic rings. The van der Waals surface area contributed by atoms with E-state index in [9.17, 15) is 14.7 Å².